The molecule has 1 atom stereocenters. The summed E-state index contributed by atoms with van der Waals surface area (Å²) in [5.74, 6) is 1.79. The Morgan fingerprint density at radius 1 is 1.37 bits per heavy atom. The maximum atomic E-state index is 5.95. The van der Waals surface area contributed by atoms with Crippen LogP contribution in [0.4, 0.5) is 0 Å². The molecule has 1 N–H and O–H groups in total. The lowest BCUT2D eigenvalue weighted by molar-refractivity contribution is 0.414. The fourth-order valence-electron chi connectivity index (χ4n) is 1.84. The highest BCUT2D eigenvalue weighted by Crippen LogP contribution is 2.18. The number of ether oxygens (including phenoxy) is 1. The second kappa shape index (κ2) is 6.08. The first-order valence-corrected chi connectivity index (χ1v) is 6.53. The van der Waals surface area contributed by atoms with Crippen molar-refractivity contribution in [2.75, 3.05) is 7.11 Å². The molecule has 5 heteroatoms. The van der Waals surface area contributed by atoms with Gasteiger partial charge in [-0.15, -0.1) is 0 Å². The third kappa shape index (κ3) is 3.28. The summed E-state index contributed by atoms with van der Waals surface area (Å²) in [5.41, 5.74) is 1.21. The van der Waals surface area contributed by atoms with E-state index < -0.39 is 0 Å². The van der Waals surface area contributed by atoms with Crippen LogP contribution in [0, 0.1) is 0 Å². The zero-order chi connectivity index (χ0) is 13.8. The highest BCUT2D eigenvalue weighted by atomic mass is 35.5. The van der Waals surface area contributed by atoms with Crippen molar-refractivity contribution in [3.8, 4) is 5.75 Å². The first kappa shape index (κ1) is 13.9. The highest BCUT2D eigenvalue weighted by Gasteiger charge is 2.08. The molecular weight excluding hydrogens is 262 g/mol. The molecule has 0 radical (unpaired) electrons. The molecule has 0 saturated heterocycles. The van der Waals surface area contributed by atoms with Gasteiger partial charge in [0.15, 0.2) is 0 Å². The Morgan fingerprint density at radius 2 is 2.05 bits per heavy atom. The van der Waals surface area contributed by atoms with Gasteiger partial charge in [0.2, 0.25) is 0 Å². The van der Waals surface area contributed by atoms with Crippen molar-refractivity contribution in [2.24, 2.45) is 7.05 Å². The largest absolute Gasteiger partial charge is 0.497 e. The van der Waals surface area contributed by atoms with Crippen molar-refractivity contribution in [3.63, 3.8) is 0 Å². The van der Waals surface area contributed by atoms with Gasteiger partial charge in [-0.3, -0.25) is 0 Å². The third-order valence-electron chi connectivity index (χ3n) is 3.21. The second-order valence-electron chi connectivity index (χ2n) is 4.43. The molecule has 0 aliphatic heterocycles. The molecule has 102 valence electrons. The van der Waals surface area contributed by atoms with Gasteiger partial charge in [0.1, 0.15) is 16.7 Å². The van der Waals surface area contributed by atoms with Gasteiger partial charge in [0.05, 0.1) is 19.9 Å². The van der Waals surface area contributed by atoms with Crippen LogP contribution < -0.4 is 10.1 Å². The zero-order valence-corrected chi connectivity index (χ0v) is 12.1. The van der Waals surface area contributed by atoms with E-state index in [-0.39, 0.29) is 6.04 Å². The average molecular weight is 280 g/mol. The lowest BCUT2D eigenvalue weighted by Gasteiger charge is -2.14. The van der Waals surface area contributed by atoms with Crippen molar-refractivity contribution in [1.29, 1.82) is 0 Å². The number of halogens is 1. The molecule has 2 aromatic rings. The van der Waals surface area contributed by atoms with E-state index >= 15 is 0 Å². The van der Waals surface area contributed by atoms with E-state index in [0.717, 1.165) is 11.6 Å². The Morgan fingerprint density at radius 3 is 2.58 bits per heavy atom. The smallest absolute Gasteiger partial charge is 0.128 e. The Hall–Kier alpha value is -1.52. The van der Waals surface area contributed by atoms with E-state index in [2.05, 4.69) is 29.4 Å². The van der Waals surface area contributed by atoms with Gasteiger partial charge in [-0.2, -0.15) is 0 Å². The van der Waals surface area contributed by atoms with E-state index in [9.17, 15) is 0 Å². The minimum atomic E-state index is 0.237. The van der Waals surface area contributed by atoms with Gasteiger partial charge >= 0.3 is 0 Å². The quantitative estimate of drug-likeness (QED) is 0.915. The van der Waals surface area contributed by atoms with Crippen LogP contribution in [0.2, 0.25) is 5.15 Å². The number of hydrogen-bond acceptors (Lipinski definition) is 3. The van der Waals surface area contributed by atoms with Crippen LogP contribution in [0.25, 0.3) is 0 Å². The lowest BCUT2D eigenvalue weighted by atomic mass is 10.1. The topological polar surface area (TPSA) is 39.1 Å². The summed E-state index contributed by atoms with van der Waals surface area (Å²) in [7, 11) is 3.58. The molecule has 4 nitrogen and oxygen atoms in total. The zero-order valence-electron chi connectivity index (χ0n) is 11.4. The maximum absolute atomic E-state index is 5.95. The summed E-state index contributed by atoms with van der Waals surface area (Å²) in [5, 5.41) is 4.07. The highest BCUT2D eigenvalue weighted by molar-refractivity contribution is 6.29. The predicted octanol–water partition coefficient (Wildman–Crippen LogP) is 2.93. The lowest BCUT2D eigenvalue weighted by Crippen LogP contribution is -2.20. The molecule has 0 amide bonds. The Labute approximate surface area is 118 Å². The van der Waals surface area contributed by atoms with E-state index in [4.69, 9.17) is 16.3 Å². The van der Waals surface area contributed by atoms with E-state index in [0.29, 0.717) is 11.7 Å². The van der Waals surface area contributed by atoms with Gasteiger partial charge in [-0.05, 0) is 24.6 Å². The van der Waals surface area contributed by atoms with Crippen molar-refractivity contribution >= 4 is 11.6 Å². The second-order valence-corrected chi connectivity index (χ2v) is 4.82. The molecule has 2 rings (SSSR count). The van der Waals surface area contributed by atoms with Crippen molar-refractivity contribution < 1.29 is 4.74 Å². The Balaban J connectivity index is 1.97. The Kier molecular flexibility index (Phi) is 4.45. The molecule has 19 heavy (non-hydrogen) atoms. The van der Waals surface area contributed by atoms with Crippen LogP contribution in [0.1, 0.15) is 24.4 Å². The standard InChI is InChI=1S/C14H18ClN3O/c1-10(11-4-6-12(19-3)7-5-11)16-9-14-17-8-13(15)18(14)2/h4-8,10,16H,9H2,1-3H3/t10-/m1/s1. The van der Waals surface area contributed by atoms with Crippen LogP contribution in [0.5, 0.6) is 5.75 Å². The number of methoxy groups -OCH3 is 1. The minimum Gasteiger partial charge on any atom is -0.497 e. The number of nitrogens with zero attached hydrogens (tertiary/aromatic N) is 2. The van der Waals surface area contributed by atoms with Crippen molar-refractivity contribution in [2.45, 2.75) is 19.5 Å². The fraction of sp³-hybridized carbons (Fsp3) is 0.357. The number of nitrogens with one attached hydrogen (secondary N) is 1. The SMILES string of the molecule is COc1ccc([C@@H](C)NCc2ncc(Cl)n2C)cc1. The number of hydrogen-bond donors (Lipinski definition) is 1. The summed E-state index contributed by atoms with van der Waals surface area (Å²) in [6, 6.07) is 8.28. The van der Waals surface area contributed by atoms with E-state index in [1.165, 1.54) is 5.56 Å². The monoisotopic (exact) mass is 279 g/mol. The maximum Gasteiger partial charge on any atom is 0.128 e. The molecule has 0 spiro atoms. The van der Waals surface area contributed by atoms with Crippen LogP contribution in [0.15, 0.2) is 30.5 Å². The number of benzene rings is 1. The van der Waals surface area contributed by atoms with Gasteiger partial charge in [0, 0.05) is 13.1 Å². The summed E-state index contributed by atoms with van der Waals surface area (Å²) < 4.78 is 7.02. The summed E-state index contributed by atoms with van der Waals surface area (Å²) >= 11 is 5.95. The normalized spacial score (nSPS) is 12.4. The molecule has 0 unspecified atom stereocenters. The van der Waals surface area contributed by atoms with Gasteiger partial charge in [-0.1, -0.05) is 23.7 Å². The first-order chi connectivity index (χ1) is 9.11. The molecular formula is C14H18ClN3O. The van der Waals surface area contributed by atoms with Crippen LogP contribution in [-0.2, 0) is 13.6 Å². The minimum absolute atomic E-state index is 0.237. The van der Waals surface area contributed by atoms with Gasteiger partial charge in [-0.25, -0.2) is 4.98 Å². The molecule has 0 aliphatic carbocycles. The van der Waals surface area contributed by atoms with Crippen LogP contribution in [0.3, 0.4) is 0 Å². The predicted molar refractivity (Wildman–Crippen MR) is 76.5 cm³/mol. The van der Waals surface area contributed by atoms with Gasteiger partial charge in [0.25, 0.3) is 0 Å². The van der Waals surface area contributed by atoms with Crippen LogP contribution >= 0.6 is 11.6 Å². The molecule has 1 aromatic heterocycles. The molecule has 1 heterocycles. The van der Waals surface area contributed by atoms with Crippen molar-refractivity contribution in [3.05, 3.63) is 47.0 Å². The third-order valence-corrected chi connectivity index (χ3v) is 3.56. The Bertz CT molecular complexity index is 536. The summed E-state index contributed by atoms with van der Waals surface area (Å²) in [6.07, 6.45) is 1.66. The van der Waals surface area contributed by atoms with E-state index in [1.807, 2.05) is 23.7 Å². The molecule has 0 bridgehead atoms. The molecule has 0 fully saturated rings. The van der Waals surface area contributed by atoms with Crippen LogP contribution in [-0.4, -0.2) is 16.7 Å². The number of aromatic nitrogens is 2. The molecule has 0 aliphatic rings. The van der Waals surface area contributed by atoms with Crippen molar-refractivity contribution in [1.82, 2.24) is 14.9 Å². The summed E-state index contributed by atoms with van der Waals surface area (Å²) in [4.78, 5) is 4.26. The summed E-state index contributed by atoms with van der Waals surface area (Å²) in [6.45, 7) is 2.79. The van der Waals surface area contributed by atoms with E-state index in [1.54, 1.807) is 13.3 Å². The molecule has 1 aromatic carbocycles. The number of rotatable bonds is 5. The number of imidazole rings is 1. The first-order valence-electron chi connectivity index (χ1n) is 6.15. The van der Waals surface area contributed by atoms with Gasteiger partial charge < -0.3 is 14.6 Å². The average Bonchev–Trinajstić information content (AvgIpc) is 2.76. The molecule has 0 saturated carbocycles. The fourth-order valence-corrected chi connectivity index (χ4v) is 1.99.